The van der Waals surface area contributed by atoms with Gasteiger partial charge in [0.25, 0.3) is 5.91 Å². The molecule has 0 bridgehead atoms. The number of carbonyl (C=O) groups excluding carboxylic acids is 2. The fourth-order valence-electron chi connectivity index (χ4n) is 3.53. The Labute approximate surface area is 172 Å². The van der Waals surface area contributed by atoms with Crippen molar-refractivity contribution >= 4 is 11.9 Å². The molecule has 0 atom stereocenters. The Bertz CT molecular complexity index is 797. The summed E-state index contributed by atoms with van der Waals surface area (Å²) in [4.78, 5) is 27.9. The minimum absolute atomic E-state index is 0.0841. The molecule has 1 saturated heterocycles. The first kappa shape index (κ1) is 20.9. The molecule has 1 heterocycles. The predicted octanol–water partition coefficient (Wildman–Crippen LogP) is 1.44. The Hall–Kier alpha value is -2.86. The molecule has 1 fully saturated rings. The van der Waals surface area contributed by atoms with Crippen molar-refractivity contribution in [3.05, 3.63) is 71.3 Å². The zero-order chi connectivity index (χ0) is 20.6. The molecule has 0 saturated carbocycles. The molecule has 3 rings (SSSR count). The number of amides is 3. The second-order valence-electron chi connectivity index (χ2n) is 7.88. The third-order valence-corrected chi connectivity index (χ3v) is 5.13. The number of piperazine rings is 1. The Morgan fingerprint density at radius 2 is 1.62 bits per heavy atom. The molecule has 0 unspecified atom stereocenters. The first-order chi connectivity index (χ1) is 14.0. The maximum Gasteiger partial charge on any atom is 0.315 e. The summed E-state index contributed by atoms with van der Waals surface area (Å²) >= 11 is 0. The zero-order valence-electron chi connectivity index (χ0n) is 17.3. The molecule has 154 valence electrons. The average Bonchev–Trinajstić information content (AvgIpc) is 2.73. The number of urea groups is 1. The van der Waals surface area contributed by atoms with E-state index in [1.54, 1.807) is 0 Å². The summed E-state index contributed by atoms with van der Waals surface area (Å²) in [7, 11) is 0. The van der Waals surface area contributed by atoms with Gasteiger partial charge in [-0.25, -0.2) is 4.79 Å². The van der Waals surface area contributed by atoms with Gasteiger partial charge in [0.1, 0.15) is 6.54 Å². The highest BCUT2D eigenvalue weighted by Crippen LogP contribution is 2.08. The van der Waals surface area contributed by atoms with Gasteiger partial charge in [-0.05, 0) is 31.5 Å². The molecule has 2 aromatic rings. The van der Waals surface area contributed by atoms with Crippen LogP contribution in [0.2, 0.25) is 0 Å². The number of hydrogen-bond acceptors (Lipinski definition) is 2. The number of rotatable bonds is 6. The Kier molecular flexibility index (Phi) is 7.25. The topological polar surface area (TPSA) is 65.9 Å². The van der Waals surface area contributed by atoms with Crippen molar-refractivity contribution < 1.29 is 14.5 Å². The minimum Gasteiger partial charge on any atom is -0.336 e. The Morgan fingerprint density at radius 3 is 2.24 bits per heavy atom. The summed E-state index contributed by atoms with van der Waals surface area (Å²) in [6.45, 7) is 8.77. The third-order valence-electron chi connectivity index (χ3n) is 5.13. The van der Waals surface area contributed by atoms with Gasteiger partial charge >= 0.3 is 6.03 Å². The van der Waals surface area contributed by atoms with Crippen molar-refractivity contribution in [1.29, 1.82) is 0 Å². The summed E-state index contributed by atoms with van der Waals surface area (Å²) < 4.78 is 0. The lowest BCUT2D eigenvalue weighted by atomic mass is 10.1. The lowest BCUT2D eigenvalue weighted by molar-refractivity contribution is -0.917. The predicted molar refractivity (Wildman–Crippen MR) is 114 cm³/mol. The molecule has 0 spiro atoms. The van der Waals surface area contributed by atoms with E-state index in [2.05, 4.69) is 34.9 Å². The fourth-order valence-corrected chi connectivity index (χ4v) is 3.53. The first-order valence-corrected chi connectivity index (χ1v) is 10.3. The van der Waals surface area contributed by atoms with Crippen LogP contribution in [-0.4, -0.2) is 49.1 Å². The average molecular weight is 396 g/mol. The van der Waals surface area contributed by atoms with Crippen LogP contribution in [0.4, 0.5) is 4.79 Å². The Morgan fingerprint density at radius 1 is 0.966 bits per heavy atom. The maximum atomic E-state index is 12.8. The number of quaternary nitrogens is 1. The monoisotopic (exact) mass is 395 g/mol. The van der Waals surface area contributed by atoms with Gasteiger partial charge in [-0.1, -0.05) is 42.5 Å². The van der Waals surface area contributed by atoms with E-state index in [-0.39, 0.29) is 18.0 Å². The summed E-state index contributed by atoms with van der Waals surface area (Å²) in [5.41, 5.74) is 3.01. The van der Waals surface area contributed by atoms with Crippen LogP contribution in [0.25, 0.3) is 0 Å². The number of nitrogens with one attached hydrogen (secondary N) is 3. The van der Waals surface area contributed by atoms with Crippen LogP contribution in [0.5, 0.6) is 0 Å². The molecule has 1 aliphatic rings. The van der Waals surface area contributed by atoms with Crippen LogP contribution < -0.4 is 15.5 Å². The molecular formula is C23H31N4O2+. The van der Waals surface area contributed by atoms with E-state index in [1.807, 2.05) is 49.1 Å². The minimum atomic E-state index is -0.184. The standard InChI is InChI=1S/C23H30N4O2/c1-18(2)25-23(29)24-16-19-8-10-21(11-9-19)22(28)27-14-12-26(13-15-27)17-20-6-4-3-5-7-20/h3-11,18H,12-17H2,1-2H3,(H2,24,25,29)/p+1. The molecule has 6 heteroatoms. The number of carbonyl (C=O) groups is 2. The van der Waals surface area contributed by atoms with Crippen LogP contribution in [0, 0.1) is 0 Å². The number of hydrogen-bond donors (Lipinski definition) is 3. The van der Waals surface area contributed by atoms with Gasteiger partial charge in [-0.3, -0.25) is 4.79 Å². The van der Waals surface area contributed by atoms with Gasteiger partial charge in [0.15, 0.2) is 0 Å². The van der Waals surface area contributed by atoms with Gasteiger partial charge in [-0.2, -0.15) is 0 Å². The second kappa shape index (κ2) is 10.1. The molecule has 1 aliphatic heterocycles. The van der Waals surface area contributed by atoms with E-state index in [1.165, 1.54) is 10.5 Å². The smallest absolute Gasteiger partial charge is 0.315 e. The van der Waals surface area contributed by atoms with E-state index in [0.717, 1.165) is 38.3 Å². The fraction of sp³-hybridized carbons (Fsp3) is 0.391. The summed E-state index contributed by atoms with van der Waals surface area (Å²) in [6, 6.07) is 17.9. The number of benzene rings is 2. The van der Waals surface area contributed by atoms with Crippen molar-refractivity contribution in [1.82, 2.24) is 15.5 Å². The summed E-state index contributed by atoms with van der Waals surface area (Å²) in [6.07, 6.45) is 0. The number of nitrogens with zero attached hydrogens (tertiary/aromatic N) is 1. The Balaban J connectivity index is 1.46. The van der Waals surface area contributed by atoms with Gasteiger partial charge in [0.2, 0.25) is 0 Å². The molecule has 3 amide bonds. The van der Waals surface area contributed by atoms with E-state index >= 15 is 0 Å². The molecule has 3 N–H and O–H groups in total. The normalized spacial score (nSPS) is 14.7. The van der Waals surface area contributed by atoms with Crippen LogP contribution in [0.1, 0.15) is 35.3 Å². The van der Waals surface area contributed by atoms with Crippen molar-refractivity contribution in [3.8, 4) is 0 Å². The van der Waals surface area contributed by atoms with Crippen LogP contribution in [0.3, 0.4) is 0 Å². The largest absolute Gasteiger partial charge is 0.336 e. The van der Waals surface area contributed by atoms with Crippen molar-refractivity contribution in [2.24, 2.45) is 0 Å². The molecule has 0 aromatic heterocycles. The second-order valence-corrected chi connectivity index (χ2v) is 7.88. The quantitative estimate of drug-likeness (QED) is 0.693. The van der Waals surface area contributed by atoms with Gasteiger partial charge in [0.05, 0.1) is 26.2 Å². The molecular weight excluding hydrogens is 364 g/mol. The molecule has 2 aromatic carbocycles. The SMILES string of the molecule is CC(C)NC(=O)NCc1ccc(C(=O)N2CC[NH+](Cc3ccccc3)CC2)cc1. The van der Waals surface area contributed by atoms with E-state index in [4.69, 9.17) is 0 Å². The van der Waals surface area contributed by atoms with Crippen molar-refractivity contribution in [2.75, 3.05) is 26.2 Å². The maximum absolute atomic E-state index is 12.8. The molecule has 29 heavy (non-hydrogen) atoms. The van der Waals surface area contributed by atoms with Crippen molar-refractivity contribution in [2.45, 2.75) is 33.0 Å². The third kappa shape index (κ3) is 6.32. The molecule has 0 radical (unpaired) electrons. The zero-order valence-corrected chi connectivity index (χ0v) is 17.3. The highest BCUT2D eigenvalue weighted by Gasteiger charge is 2.24. The molecule has 0 aliphatic carbocycles. The summed E-state index contributed by atoms with van der Waals surface area (Å²) in [5, 5.41) is 5.61. The highest BCUT2D eigenvalue weighted by atomic mass is 16.2. The first-order valence-electron chi connectivity index (χ1n) is 10.3. The van der Waals surface area contributed by atoms with E-state index < -0.39 is 0 Å². The van der Waals surface area contributed by atoms with Gasteiger partial charge in [-0.15, -0.1) is 0 Å². The van der Waals surface area contributed by atoms with Crippen LogP contribution >= 0.6 is 0 Å². The van der Waals surface area contributed by atoms with Crippen LogP contribution in [0.15, 0.2) is 54.6 Å². The van der Waals surface area contributed by atoms with E-state index in [9.17, 15) is 9.59 Å². The lowest BCUT2D eigenvalue weighted by Crippen LogP contribution is -3.13. The van der Waals surface area contributed by atoms with Gasteiger partial charge in [0, 0.05) is 23.7 Å². The highest BCUT2D eigenvalue weighted by molar-refractivity contribution is 5.94. The van der Waals surface area contributed by atoms with Gasteiger partial charge < -0.3 is 20.4 Å². The molecule has 6 nitrogen and oxygen atoms in total. The van der Waals surface area contributed by atoms with Crippen LogP contribution in [-0.2, 0) is 13.1 Å². The van der Waals surface area contributed by atoms with Crippen molar-refractivity contribution in [3.63, 3.8) is 0 Å². The van der Waals surface area contributed by atoms with E-state index in [0.29, 0.717) is 12.1 Å². The lowest BCUT2D eigenvalue weighted by Gasteiger charge is -2.32. The summed E-state index contributed by atoms with van der Waals surface area (Å²) in [5.74, 6) is 0.0841.